The van der Waals surface area contributed by atoms with E-state index >= 15 is 0 Å². The normalized spacial score (nSPS) is 15.6. The average Bonchev–Trinajstić information content (AvgIpc) is 3.31. The number of amides is 2. The first-order valence-corrected chi connectivity index (χ1v) is 14.2. The predicted molar refractivity (Wildman–Crippen MR) is 152 cm³/mol. The van der Waals surface area contributed by atoms with Gasteiger partial charge in [0, 0.05) is 28.0 Å². The van der Waals surface area contributed by atoms with E-state index in [-0.39, 0.29) is 35.7 Å². The van der Waals surface area contributed by atoms with Crippen molar-refractivity contribution in [2.24, 2.45) is 5.92 Å². The van der Waals surface area contributed by atoms with Gasteiger partial charge in [0.1, 0.15) is 6.54 Å². The molecule has 1 aliphatic heterocycles. The fourth-order valence-electron chi connectivity index (χ4n) is 4.80. The lowest BCUT2D eigenvalue weighted by molar-refractivity contribution is -0.134. The Labute approximate surface area is 227 Å². The molecule has 2 aromatic carbocycles. The molecule has 2 amide bonds. The van der Waals surface area contributed by atoms with E-state index in [4.69, 9.17) is 0 Å². The van der Waals surface area contributed by atoms with Crippen molar-refractivity contribution in [3.63, 3.8) is 0 Å². The Hall–Kier alpha value is -2.44. The van der Waals surface area contributed by atoms with Crippen molar-refractivity contribution in [2.45, 2.75) is 52.5 Å². The molecule has 0 bridgehead atoms. The van der Waals surface area contributed by atoms with Crippen molar-refractivity contribution < 1.29 is 9.59 Å². The van der Waals surface area contributed by atoms with Crippen LogP contribution < -0.4 is 0 Å². The van der Waals surface area contributed by atoms with Crippen molar-refractivity contribution in [3.8, 4) is 0 Å². The molecular weight excluding hydrogens is 532 g/mol. The van der Waals surface area contributed by atoms with Crippen molar-refractivity contribution in [1.82, 2.24) is 9.80 Å². The molecule has 0 N–H and O–H groups in total. The van der Waals surface area contributed by atoms with Crippen molar-refractivity contribution in [1.29, 1.82) is 0 Å². The van der Waals surface area contributed by atoms with Crippen LogP contribution in [0.5, 0.6) is 0 Å². The molecule has 4 nitrogen and oxygen atoms in total. The highest BCUT2D eigenvalue weighted by atomic mass is 79.9. The van der Waals surface area contributed by atoms with Crippen LogP contribution >= 0.6 is 27.3 Å². The number of carbonyl (C=O) groups is 2. The Morgan fingerprint density at radius 3 is 2.33 bits per heavy atom. The number of hydrogen-bond acceptors (Lipinski definition) is 3. The summed E-state index contributed by atoms with van der Waals surface area (Å²) in [5, 5.41) is 2.12. The maximum atomic E-state index is 13.8. The summed E-state index contributed by atoms with van der Waals surface area (Å²) >= 11 is 5.20. The molecule has 36 heavy (non-hydrogen) atoms. The maximum Gasteiger partial charge on any atom is 0.254 e. The molecule has 0 saturated heterocycles. The lowest BCUT2D eigenvalue weighted by atomic mass is 9.85. The van der Waals surface area contributed by atoms with Crippen LogP contribution in [0.25, 0.3) is 0 Å². The van der Waals surface area contributed by atoms with E-state index in [1.54, 1.807) is 16.2 Å². The highest BCUT2D eigenvalue weighted by Gasteiger charge is 2.34. The number of benzene rings is 2. The fourth-order valence-corrected chi connectivity index (χ4v) is 5.97. The molecule has 3 aromatic rings. The van der Waals surface area contributed by atoms with Crippen molar-refractivity contribution >= 4 is 39.1 Å². The first kappa shape index (κ1) is 26.6. The number of fused-ring (bicyclic) bond motifs is 1. The van der Waals surface area contributed by atoms with E-state index in [0.29, 0.717) is 18.7 Å². The monoisotopic (exact) mass is 566 g/mol. The lowest BCUT2D eigenvalue weighted by Gasteiger charge is -2.38. The average molecular weight is 568 g/mol. The molecule has 0 spiro atoms. The molecule has 0 saturated carbocycles. The second-order valence-electron chi connectivity index (χ2n) is 11.0. The zero-order valence-corrected chi connectivity index (χ0v) is 24.2. The number of halogens is 1. The topological polar surface area (TPSA) is 40.6 Å². The van der Waals surface area contributed by atoms with Crippen LogP contribution in [0.4, 0.5) is 0 Å². The summed E-state index contributed by atoms with van der Waals surface area (Å²) in [5.41, 5.74) is 4.26. The lowest BCUT2D eigenvalue weighted by Crippen LogP contribution is -2.47. The van der Waals surface area contributed by atoms with Gasteiger partial charge >= 0.3 is 0 Å². The summed E-state index contributed by atoms with van der Waals surface area (Å²) in [6, 6.07) is 18.1. The van der Waals surface area contributed by atoms with Gasteiger partial charge in [-0.15, -0.1) is 11.3 Å². The highest BCUT2D eigenvalue weighted by Crippen LogP contribution is 2.38. The van der Waals surface area contributed by atoms with Crippen LogP contribution in [0.1, 0.15) is 72.6 Å². The second-order valence-corrected chi connectivity index (χ2v) is 12.9. The largest absolute Gasteiger partial charge is 0.330 e. The summed E-state index contributed by atoms with van der Waals surface area (Å²) in [7, 11) is 0. The molecule has 0 unspecified atom stereocenters. The van der Waals surface area contributed by atoms with E-state index < -0.39 is 0 Å². The van der Waals surface area contributed by atoms with Gasteiger partial charge < -0.3 is 9.80 Å². The Kier molecular flexibility index (Phi) is 8.06. The van der Waals surface area contributed by atoms with Gasteiger partial charge in [-0.3, -0.25) is 9.59 Å². The van der Waals surface area contributed by atoms with Gasteiger partial charge in [-0.25, -0.2) is 0 Å². The van der Waals surface area contributed by atoms with E-state index in [9.17, 15) is 9.59 Å². The van der Waals surface area contributed by atoms with E-state index in [0.717, 1.165) is 16.5 Å². The molecule has 4 rings (SSSR count). The van der Waals surface area contributed by atoms with Crippen LogP contribution in [0.3, 0.4) is 0 Å². The minimum absolute atomic E-state index is 0.0112. The Morgan fingerprint density at radius 2 is 1.72 bits per heavy atom. The summed E-state index contributed by atoms with van der Waals surface area (Å²) in [6.45, 7) is 12.0. The van der Waals surface area contributed by atoms with Crippen molar-refractivity contribution in [3.05, 3.63) is 91.6 Å². The molecule has 1 aromatic heterocycles. The number of thiophene rings is 1. The summed E-state index contributed by atoms with van der Waals surface area (Å²) in [4.78, 5) is 32.3. The van der Waals surface area contributed by atoms with Gasteiger partial charge in [0.2, 0.25) is 5.91 Å². The number of rotatable bonds is 6. The summed E-state index contributed by atoms with van der Waals surface area (Å²) < 4.78 is 0.922. The third-order valence-electron chi connectivity index (χ3n) is 6.67. The third-order valence-corrected chi connectivity index (χ3v) is 8.19. The predicted octanol–water partition coefficient (Wildman–Crippen LogP) is 7.08. The SMILES string of the molecule is CC(C)CN(CC(=O)N1CCc2sccc2[C@@H]1c1ccc(C(C)(C)C)cc1)C(=O)c1ccc(Br)cc1. The molecule has 190 valence electrons. The Balaban J connectivity index is 1.63. The molecule has 0 fully saturated rings. The van der Waals surface area contributed by atoms with Crippen LogP contribution in [0.2, 0.25) is 0 Å². The van der Waals surface area contributed by atoms with Crippen LogP contribution in [0.15, 0.2) is 64.5 Å². The maximum absolute atomic E-state index is 13.8. The number of carbonyl (C=O) groups excluding carboxylic acids is 2. The van der Waals surface area contributed by atoms with Crippen LogP contribution in [-0.2, 0) is 16.6 Å². The standard InChI is InChI=1S/C30H35BrN2O2S/c1-20(2)18-32(29(35)22-8-12-24(31)13-9-22)19-27(34)33-16-14-26-25(15-17-36-26)28(33)21-6-10-23(11-7-21)30(3,4)5/h6-13,15,17,20,28H,14,16,18-19H2,1-5H3/t28-/m0/s1. The molecule has 1 aliphatic rings. The number of nitrogens with zero attached hydrogens (tertiary/aromatic N) is 2. The Morgan fingerprint density at radius 1 is 1.06 bits per heavy atom. The zero-order valence-electron chi connectivity index (χ0n) is 21.8. The highest BCUT2D eigenvalue weighted by molar-refractivity contribution is 9.10. The van der Waals surface area contributed by atoms with Crippen molar-refractivity contribution in [2.75, 3.05) is 19.6 Å². The van der Waals surface area contributed by atoms with Gasteiger partial charge in [-0.1, -0.05) is 74.8 Å². The third kappa shape index (κ3) is 5.92. The van der Waals surface area contributed by atoms with E-state index in [1.165, 1.54) is 16.0 Å². The van der Waals surface area contributed by atoms with Gasteiger partial charge in [0.25, 0.3) is 5.91 Å². The van der Waals surface area contributed by atoms with E-state index in [2.05, 4.69) is 86.3 Å². The fraction of sp³-hybridized carbons (Fsp3) is 0.400. The van der Waals surface area contributed by atoms with Crippen LogP contribution in [-0.4, -0.2) is 41.2 Å². The number of hydrogen-bond donors (Lipinski definition) is 0. The minimum atomic E-state index is -0.134. The van der Waals surface area contributed by atoms with Gasteiger partial charge in [-0.05, 0) is 70.2 Å². The first-order valence-electron chi connectivity index (χ1n) is 12.6. The molecule has 1 atom stereocenters. The minimum Gasteiger partial charge on any atom is -0.330 e. The van der Waals surface area contributed by atoms with Gasteiger partial charge in [0.05, 0.1) is 6.04 Å². The summed E-state index contributed by atoms with van der Waals surface area (Å²) in [6.07, 6.45) is 0.847. The molecule has 6 heteroatoms. The second kappa shape index (κ2) is 10.9. The van der Waals surface area contributed by atoms with Gasteiger partial charge in [0.15, 0.2) is 0 Å². The molecule has 0 aliphatic carbocycles. The van der Waals surface area contributed by atoms with Gasteiger partial charge in [-0.2, -0.15) is 0 Å². The smallest absolute Gasteiger partial charge is 0.254 e. The molecular formula is C30H35BrN2O2S. The molecule has 2 heterocycles. The van der Waals surface area contributed by atoms with E-state index in [1.807, 2.05) is 29.2 Å². The van der Waals surface area contributed by atoms with Crippen LogP contribution in [0, 0.1) is 5.92 Å². The first-order chi connectivity index (χ1) is 17.0. The zero-order chi connectivity index (χ0) is 26.0. The summed E-state index contributed by atoms with van der Waals surface area (Å²) in [5.74, 6) is 0.134. The quantitative estimate of drug-likeness (QED) is 0.320. The Bertz CT molecular complexity index is 1210. The molecule has 0 radical (unpaired) electrons.